The first-order valence-corrected chi connectivity index (χ1v) is 9.68. The number of nitrogens with zero attached hydrogens (tertiary/aromatic N) is 1. The highest BCUT2D eigenvalue weighted by atomic mass is 16.9. The van der Waals surface area contributed by atoms with Gasteiger partial charge in [0.2, 0.25) is 5.79 Å². The molecule has 2 aliphatic rings. The molecule has 3 aromatic rings. The summed E-state index contributed by atoms with van der Waals surface area (Å²) in [6.07, 6.45) is 0. The van der Waals surface area contributed by atoms with Crippen molar-refractivity contribution >= 4 is 11.7 Å². The number of carbonyl (C=O) groups excluding carboxylic acids is 1. The number of nitrogens with one attached hydrogen (secondary N) is 1. The highest BCUT2D eigenvalue weighted by Gasteiger charge is 2.45. The average Bonchev–Trinajstić information content (AvgIpc) is 2.71. The molecule has 2 aliphatic heterocycles. The maximum atomic E-state index is 12.6. The second-order valence-corrected chi connectivity index (χ2v) is 7.47. The summed E-state index contributed by atoms with van der Waals surface area (Å²) in [7, 11) is 1.80. The molecule has 0 radical (unpaired) electrons. The predicted molar refractivity (Wildman–Crippen MR) is 111 cm³/mol. The number of anilines is 1. The van der Waals surface area contributed by atoms with Gasteiger partial charge in [-0.3, -0.25) is 4.90 Å². The molecule has 1 unspecified atom stereocenters. The number of hydrogen-bond donors (Lipinski definition) is 1. The summed E-state index contributed by atoms with van der Waals surface area (Å²) in [5, 5.41) is 3.13. The van der Waals surface area contributed by atoms with E-state index in [4.69, 9.17) is 9.47 Å². The van der Waals surface area contributed by atoms with E-state index in [-0.39, 0.29) is 18.9 Å². The Morgan fingerprint density at radius 2 is 1.62 bits per heavy atom. The molecular weight excluding hydrogens is 364 g/mol. The summed E-state index contributed by atoms with van der Waals surface area (Å²) in [6.45, 7) is 2.28. The Balaban J connectivity index is 1.70. The molecule has 0 aromatic heterocycles. The number of urea groups is 1. The van der Waals surface area contributed by atoms with Gasteiger partial charge in [0.1, 0.15) is 0 Å². The second-order valence-electron chi connectivity index (χ2n) is 7.47. The summed E-state index contributed by atoms with van der Waals surface area (Å²) in [5.74, 6) is -0.914. The SMILES string of the molecule is Cc1cc(C2(c3ccccc3)OCO2)cc2c1N(C)C(=O)NC2c1ccccc1. The van der Waals surface area contributed by atoms with Gasteiger partial charge in [-0.1, -0.05) is 60.7 Å². The Hall–Kier alpha value is -3.15. The lowest BCUT2D eigenvalue weighted by Gasteiger charge is -2.43. The first-order valence-electron chi connectivity index (χ1n) is 9.68. The molecule has 5 rings (SSSR count). The standard InChI is InChI=1S/C24H22N2O3/c1-16-13-19(24(28-15-29-24)18-11-7-4-8-12-18)14-20-21(17-9-5-3-6-10-17)25-23(27)26(2)22(16)20/h3-14,21H,15H2,1-2H3,(H,25,27). The molecule has 2 amide bonds. The molecule has 1 atom stereocenters. The van der Waals surface area contributed by atoms with E-state index in [2.05, 4.69) is 17.4 Å². The molecule has 1 fully saturated rings. The molecule has 146 valence electrons. The van der Waals surface area contributed by atoms with Crippen molar-refractivity contribution in [3.05, 3.63) is 101 Å². The van der Waals surface area contributed by atoms with Gasteiger partial charge in [0.25, 0.3) is 0 Å². The van der Waals surface area contributed by atoms with Crippen LogP contribution >= 0.6 is 0 Å². The zero-order valence-corrected chi connectivity index (χ0v) is 16.4. The van der Waals surface area contributed by atoms with E-state index < -0.39 is 5.79 Å². The molecule has 0 saturated carbocycles. The largest absolute Gasteiger partial charge is 0.327 e. The lowest BCUT2D eigenvalue weighted by atomic mass is 9.87. The van der Waals surface area contributed by atoms with Crippen molar-refractivity contribution in [1.29, 1.82) is 0 Å². The molecule has 0 spiro atoms. The summed E-state index contributed by atoms with van der Waals surface area (Å²) < 4.78 is 12.0. The van der Waals surface area contributed by atoms with Crippen molar-refractivity contribution in [2.45, 2.75) is 18.8 Å². The molecule has 0 bridgehead atoms. The maximum absolute atomic E-state index is 12.6. The van der Waals surface area contributed by atoms with E-state index in [1.165, 1.54) is 0 Å². The summed E-state index contributed by atoms with van der Waals surface area (Å²) in [6, 6.07) is 23.8. The van der Waals surface area contributed by atoms with Gasteiger partial charge in [-0.05, 0) is 30.2 Å². The number of ether oxygens (including phenoxy) is 2. The third-order valence-corrected chi connectivity index (χ3v) is 5.74. The third-order valence-electron chi connectivity index (χ3n) is 5.74. The number of fused-ring (bicyclic) bond motifs is 1. The lowest BCUT2D eigenvalue weighted by Crippen LogP contribution is -2.47. The highest BCUT2D eigenvalue weighted by Crippen LogP contribution is 2.45. The topological polar surface area (TPSA) is 50.8 Å². The predicted octanol–water partition coefficient (Wildman–Crippen LogP) is 4.45. The Kier molecular flexibility index (Phi) is 4.15. The molecule has 0 aliphatic carbocycles. The van der Waals surface area contributed by atoms with E-state index in [0.29, 0.717) is 0 Å². The minimum atomic E-state index is -0.914. The Bertz CT molecular complexity index is 1060. The van der Waals surface area contributed by atoms with Crippen LogP contribution in [-0.4, -0.2) is 19.9 Å². The van der Waals surface area contributed by atoms with Gasteiger partial charge >= 0.3 is 6.03 Å². The average molecular weight is 386 g/mol. The number of aryl methyl sites for hydroxylation is 1. The van der Waals surface area contributed by atoms with Gasteiger partial charge in [-0.2, -0.15) is 0 Å². The van der Waals surface area contributed by atoms with E-state index in [0.717, 1.165) is 33.5 Å². The first-order chi connectivity index (χ1) is 14.1. The van der Waals surface area contributed by atoms with E-state index in [1.807, 2.05) is 67.6 Å². The van der Waals surface area contributed by atoms with Gasteiger partial charge < -0.3 is 14.8 Å². The van der Waals surface area contributed by atoms with Crippen molar-refractivity contribution in [3.8, 4) is 0 Å². The van der Waals surface area contributed by atoms with Crippen LogP contribution < -0.4 is 10.2 Å². The molecule has 1 saturated heterocycles. The van der Waals surface area contributed by atoms with Crippen LogP contribution in [0.1, 0.15) is 33.9 Å². The molecule has 29 heavy (non-hydrogen) atoms. The van der Waals surface area contributed by atoms with Gasteiger partial charge in [0.05, 0.1) is 11.7 Å². The van der Waals surface area contributed by atoms with E-state index in [1.54, 1.807) is 11.9 Å². The van der Waals surface area contributed by atoms with E-state index >= 15 is 0 Å². The molecule has 5 nitrogen and oxygen atoms in total. The molecule has 1 N–H and O–H groups in total. The monoisotopic (exact) mass is 386 g/mol. The fourth-order valence-electron chi connectivity index (χ4n) is 4.32. The van der Waals surface area contributed by atoms with Crippen LogP contribution in [0.25, 0.3) is 0 Å². The smallest absolute Gasteiger partial charge is 0.322 e. The van der Waals surface area contributed by atoms with Crippen LogP contribution in [0, 0.1) is 6.92 Å². The number of rotatable bonds is 3. The van der Waals surface area contributed by atoms with Crippen molar-refractivity contribution in [3.63, 3.8) is 0 Å². The van der Waals surface area contributed by atoms with Crippen LogP contribution in [0.2, 0.25) is 0 Å². The fraction of sp³-hybridized carbons (Fsp3) is 0.208. The quantitative estimate of drug-likeness (QED) is 0.724. The van der Waals surface area contributed by atoms with E-state index in [9.17, 15) is 4.79 Å². The normalized spacial score (nSPS) is 19.9. The van der Waals surface area contributed by atoms with Crippen LogP contribution in [0.3, 0.4) is 0 Å². The zero-order valence-electron chi connectivity index (χ0n) is 16.4. The lowest BCUT2D eigenvalue weighted by molar-refractivity contribution is -0.386. The fourth-order valence-corrected chi connectivity index (χ4v) is 4.32. The number of amides is 2. The highest BCUT2D eigenvalue weighted by molar-refractivity contribution is 5.96. The van der Waals surface area contributed by atoms with Crippen LogP contribution in [-0.2, 0) is 15.3 Å². The van der Waals surface area contributed by atoms with Crippen molar-refractivity contribution < 1.29 is 14.3 Å². The minimum Gasteiger partial charge on any atom is -0.327 e. The van der Waals surface area contributed by atoms with Crippen molar-refractivity contribution in [2.24, 2.45) is 0 Å². The zero-order chi connectivity index (χ0) is 20.0. The van der Waals surface area contributed by atoms with Crippen LogP contribution in [0.5, 0.6) is 0 Å². The summed E-state index contributed by atoms with van der Waals surface area (Å²) in [5.41, 5.74) is 5.88. The molecule has 5 heteroatoms. The second kappa shape index (κ2) is 6.72. The van der Waals surface area contributed by atoms with Gasteiger partial charge in [-0.25, -0.2) is 4.79 Å². The molecule has 3 aromatic carbocycles. The van der Waals surface area contributed by atoms with Gasteiger partial charge in [-0.15, -0.1) is 0 Å². The Morgan fingerprint density at radius 3 is 2.24 bits per heavy atom. The third kappa shape index (κ3) is 2.74. The van der Waals surface area contributed by atoms with Crippen molar-refractivity contribution in [2.75, 3.05) is 18.7 Å². The first kappa shape index (κ1) is 17.9. The summed E-state index contributed by atoms with van der Waals surface area (Å²) in [4.78, 5) is 14.3. The minimum absolute atomic E-state index is 0.115. The molecule has 2 heterocycles. The molecular formula is C24H22N2O3. The maximum Gasteiger partial charge on any atom is 0.322 e. The van der Waals surface area contributed by atoms with Crippen LogP contribution in [0.4, 0.5) is 10.5 Å². The number of hydrogen-bond acceptors (Lipinski definition) is 3. The van der Waals surface area contributed by atoms with Crippen molar-refractivity contribution in [1.82, 2.24) is 5.32 Å². The number of carbonyl (C=O) groups is 1. The summed E-state index contributed by atoms with van der Waals surface area (Å²) >= 11 is 0. The number of benzene rings is 3. The Morgan fingerprint density at radius 1 is 0.966 bits per heavy atom. The van der Waals surface area contributed by atoms with Crippen LogP contribution in [0.15, 0.2) is 72.8 Å². The van der Waals surface area contributed by atoms with Gasteiger partial charge in [0, 0.05) is 23.7 Å². The Labute approximate surface area is 169 Å². The van der Waals surface area contributed by atoms with Gasteiger partial charge in [0.15, 0.2) is 6.79 Å².